The van der Waals surface area contributed by atoms with Gasteiger partial charge in [-0.05, 0) is 38.8 Å². The summed E-state index contributed by atoms with van der Waals surface area (Å²) in [6.45, 7) is 6.70. The molecular formula is C14H30N2. The van der Waals surface area contributed by atoms with Crippen molar-refractivity contribution in [1.82, 2.24) is 4.90 Å². The molecular weight excluding hydrogens is 196 g/mol. The van der Waals surface area contributed by atoms with E-state index in [-0.39, 0.29) is 0 Å². The van der Waals surface area contributed by atoms with Gasteiger partial charge in [-0.2, -0.15) is 0 Å². The molecule has 0 aromatic heterocycles. The number of unbranched alkanes of at least 4 members (excludes halogenated alkanes) is 2. The van der Waals surface area contributed by atoms with Gasteiger partial charge >= 0.3 is 0 Å². The Labute approximate surface area is 102 Å². The first kappa shape index (κ1) is 14.0. The molecule has 1 aliphatic rings. The molecule has 1 aliphatic carbocycles. The van der Waals surface area contributed by atoms with Gasteiger partial charge < -0.3 is 5.73 Å². The molecule has 0 aromatic carbocycles. The topological polar surface area (TPSA) is 29.3 Å². The minimum Gasteiger partial charge on any atom is -0.329 e. The van der Waals surface area contributed by atoms with Crippen molar-refractivity contribution in [2.45, 2.75) is 64.3 Å². The lowest BCUT2D eigenvalue weighted by Gasteiger charge is -2.46. The van der Waals surface area contributed by atoms with Crippen molar-refractivity contribution in [3.8, 4) is 0 Å². The summed E-state index contributed by atoms with van der Waals surface area (Å²) in [6.07, 6.45) is 9.33. The van der Waals surface area contributed by atoms with E-state index in [9.17, 15) is 0 Å². The highest BCUT2D eigenvalue weighted by atomic mass is 15.2. The predicted octanol–water partition coefficient (Wildman–Crippen LogP) is 3.02. The Kier molecular flexibility index (Phi) is 5.77. The number of likely N-dealkylation sites (N-methyl/N-ethyl adjacent to an activating group) is 1. The maximum absolute atomic E-state index is 6.06. The molecule has 1 saturated carbocycles. The maximum atomic E-state index is 6.06. The molecule has 2 atom stereocenters. The molecule has 2 heteroatoms. The van der Waals surface area contributed by atoms with E-state index >= 15 is 0 Å². The molecule has 0 amide bonds. The Morgan fingerprint density at radius 3 is 2.69 bits per heavy atom. The highest BCUT2D eigenvalue weighted by molar-refractivity contribution is 4.94. The second-order valence-electron chi connectivity index (χ2n) is 5.76. The zero-order chi connectivity index (χ0) is 12.0. The van der Waals surface area contributed by atoms with E-state index in [4.69, 9.17) is 5.73 Å². The first-order valence-corrected chi connectivity index (χ1v) is 7.06. The Balaban J connectivity index is 2.49. The molecule has 0 aliphatic heterocycles. The molecule has 0 spiro atoms. The Bertz CT molecular complexity index is 193. The quantitative estimate of drug-likeness (QED) is 0.705. The van der Waals surface area contributed by atoms with E-state index in [1.54, 1.807) is 0 Å². The third-order valence-electron chi connectivity index (χ3n) is 4.35. The van der Waals surface area contributed by atoms with Crippen molar-refractivity contribution in [3.05, 3.63) is 0 Å². The standard InChI is InChI=1S/C14H30N2/c1-4-5-6-10-16(3)14(12-15)9-7-8-13(2)11-14/h13H,4-12,15H2,1-3H3. The smallest absolute Gasteiger partial charge is 0.0331 e. The van der Waals surface area contributed by atoms with Gasteiger partial charge in [0.25, 0.3) is 0 Å². The number of hydrogen-bond donors (Lipinski definition) is 1. The van der Waals surface area contributed by atoms with Crippen molar-refractivity contribution in [3.63, 3.8) is 0 Å². The van der Waals surface area contributed by atoms with Crippen LogP contribution in [0.2, 0.25) is 0 Å². The second kappa shape index (κ2) is 6.61. The zero-order valence-electron chi connectivity index (χ0n) is 11.5. The first-order chi connectivity index (χ1) is 7.64. The molecule has 1 rings (SSSR count). The molecule has 0 aromatic rings. The molecule has 2 nitrogen and oxygen atoms in total. The first-order valence-electron chi connectivity index (χ1n) is 7.06. The van der Waals surface area contributed by atoms with Crippen LogP contribution in [-0.4, -0.2) is 30.6 Å². The SMILES string of the molecule is CCCCCN(C)C1(CN)CCCC(C)C1. The lowest BCUT2D eigenvalue weighted by molar-refractivity contribution is 0.0603. The molecule has 2 N–H and O–H groups in total. The summed E-state index contributed by atoms with van der Waals surface area (Å²) in [7, 11) is 2.28. The van der Waals surface area contributed by atoms with Crippen molar-refractivity contribution in [2.75, 3.05) is 20.1 Å². The highest BCUT2D eigenvalue weighted by Crippen LogP contribution is 2.35. The average Bonchev–Trinajstić information content (AvgIpc) is 2.29. The Morgan fingerprint density at radius 1 is 1.38 bits per heavy atom. The van der Waals surface area contributed by atoms with Gasteiger partial charge in [0.05, 0.1) is 0 Å². The molecule has 96 valence electrons. The molecule has 1 fully saturated rings. The Hall–Kier alpha value is -0.0800. The van der Waals surface area contributed by atoms with Crippen LogP contribution in [0.4, 0.5) is 0 Å². The van der Waals surface area contributed by atoms with E-state index in [2.05, 4.69) is 25.8 Å². The molecule has 16 heavy (non-hydrogen) atoms. The van der Waals surface area contributed by atoms with Crippen LogP contribution in [0.25, 0.3) is 0 Å². The van der Waals surface area contributed by atoms with E-state index in [0.717, 1.165) is 12.5 Å². The van der Waals surface area contributed by atoms with Crippen molar-refractivity contribution < 1.29 is 0 Å². The third-order valence-corrected chi connectivity index (χ3v) is 4.35. The van der Waals surface area contributed by atoms with Crippen LogP contribution < -0.4 is 5.73 Å². The van der Waals surface area contributed by atoms with Crippen molar-refractivity contribution >= 4 is 0 Å². The van der Waals surface area contributed by atoms with Crippen LogP contribution in [0, 0.1) is 5.92 Å². The summed E-state index contributed by atoms with van der Waals surface area (Å²) in [4.78, 5) is 2.55. The lowest BCUT2D eigenvalue weighted by atomic mass is 9.75. The van der Waals surface area contributed by atoms with Gasteiger partial charge in [-0.15, -0.1) is 0 Å². The van der Waals surface area contributed by atoms with E-state index in [1.807, 2.05) is 0 Å². The van der Waals surface area contributed by atoms with Crippen LogP contribution in [0.1, 0.15) is 58.8 Å². The van der Waals surface area contributed by atoms with E-state index < -0.39 is 0 Å². The van der Waals surface area contributed by atoms with E-state index in [1.165, 1.54) is 51.5 Å². The van der Waals surface area contributed by atoms with Gasteiger partial charge in [-0.1, -0.05) is 39.5 Å². The van der Waals surface area contributed by atoms with Gasteiger partial charge in [0.1, 0.15) is 0 Å². The maximum Gasteiger partial charge on any atom is 0.0331 e. The minimum atomic E-state index is 0.311. The summed E-state index contributed by atoms with van der Waals surface area (Å²) in [6, 6.07) is 0. The van der Waals surface area contributed by atoms with Gasteiger partial charge in [-0.25, -0.2) is 0 Å². The fraction of sp³-hybridized carbons (Fsp3) is 1.00. The number of hydrogen-bond acceptors (Lipinski definition) is 2. The summed E-state index contributed by atoms with van der Waals surface area (Å²) in [5.74, 6) is 0.853. The van der Waals surface area contributed by atoms with Gasteiger partial charge in [0.15, 0.2) is 0 Å². The van der Waals surface area contributed by atoms with Gasteiger partial charge in [0, 0.05) is 12.1 Å². The van der Waals surface area contributed by atoms with Crippen LogP contribution in [0.3, 0.4) is 0 Å². The van der Waals surface area contributed by atoms with Crippen LogP contribution in [-0.2, 0) is 0 Å². The molecule has 0 heterocycles. The van der Waals surface area contributed by atoms with Gasteiger partial charge in [-0.3, -0.25) is 4.90 Å². The van der Waals surface area contributed by atoms with Crippen LogP contribution in [0.5, 0.6) is 0 Å². The van der Waals surface area contributed by atoms with Crippen molar-refractivity contribution in [2.24, 2.45) is 11.7 Å². The molecule has 0 radical (unpaired) electrons. The normalized spacial score (nSPS) is 30.9. The minimum absolute atomic E-state index is 0.311. The number of nitrogens with zero attached hydrogens (tertiary/aromatic N) is 1. The van der Waals surface area contributed by atoms with Gasteiger partial charge in [0.2, 0.25) is 0 Å². The summed E-state index contributed by atoms with van der Waals surface area (Å²) < 4.78 is 0. The number of nitrogens with two attached hydrogens (primary N) is 1. The van der Waals surface area contributed by atoms with E-state index in [0.29, 0.717) is 5.54 Å². The monoisotopic (exact) mass is 226 g/mol. The predicted molar refractivity (Wildman–Crippen MR) is 71.6 cm³/mol. The molecule has 0 saturated heterocycles. The fourth-order valence-corrected chi connectivity index (χ4v) is 3.16. The summed E-state index contributed by atoms with van der Waals surface area (Å²) in [5, 5.41) is 0. The van der Waals surface area contributed by atoms with Crippen molar-refractivity contribution in [1.29, 1.82) is 0 Å². The number of rotatable bonds is 6. The third kappa shape index (κ3) is 3.46. The molecule has 0 bridgehead atoms. The average molecular weight is 226 g/mol. The largest absolute Gasteiger partial charge is 0.329 e. The second-order valence-corrected chi connectivity index (χ2v) is 5.76. The Morgan fingerprint density at radius 2 is 2.12 bits per heavy atom. The highest BCUT2D eigenvalue weighted by Gasteiger charge is 2.36. The summed E-state index contributed by atoms with van der Waals surface area (Å²) in [5.41, 5.74) is 6.37. The summed E-state index contributed by atoms with van der Waals surface area (Å²) >= 11 is 0. The van der Waals surface area contributed by atoms with Crippen LogP contribution in [0.15, 0.2) is 0 Å². The van der Waals surface area contributed by atoms with Crippen LogP contribution >= 0.6 is 0 Å². The molecule has 2 unspecified atom stereocenters. The lowest BCUT2D eigenvalue weighted by Crippen LogP contribution is -2.54. The fourth-order valence-electron chi connectivity index (χ4n) is 3.16. The zero-order valence-corrected chi connectivity index (χ0v) is 11.5.